The van der Waals surface area contributed by atoms with Crippen LogP contribution in [0.2, 0.25) is 0 Å². The molecule has 2 aliphatic carbocycles. The van der Waals surface area contributed by atoms with Gasteiger partial charge in [0.2, 0.25) is 0 Å². The van der Waals surface area contributed by atoms with E-state index in [1.165, 1.54) is 0 Å². The van der Waals surface area contributed by atoms with Crippen LogP contribution in [0, 0.1) is 29.6 Å². The van der Waals surface area contributed by atoms with E-state index in [-0.39, 0.29) is 47.6 Å². The lowest BCUT2D eigenvalue weighted by atomic mass is 9.76. The van der Waals surface area contributed by atoms with E-state index >= 15 is 0 Å². The van der Waals surface area contributed by atoms with Crippen LogP contribution in [-0.4, -0.2) is 34.9 Å². The average molecular weight is 336 g/mol. The first-order valence-electron chi connectivity index (χ1n) is 8.93. The van der Waals surface area contributed by atoms with Crippen LogP contribution in [0.15, 0.2) is 11.6 Å². The molecule has 7 unspecified atom stereocenters. The molecule has 7 atom stereocenters. The molecular formula is C19H28O5. The van der Waals surface area contributed by atoms with Gasteiger partial charge < -0.3 is 14.6 Å². The van der Waals surface area contributed by atoms with Crippen molar-refractivity contribution in [1.82, 2.24) is 0 Å². The third kappa shape index (κ3) is 2.67. The van der Waals surface area contributed by atoms with Gasteiger partial charge in [-0.1, -0.05) is 32.4 Å². The second-order valence-corrected chi connectivity index (χ2v) is 8.27. The first-order valence-corrected chi connectivity index (χ1v) is 8.93. The SMILES string of the molecule is CC1=CCC2C1C1OC(=O)C(C)C1C(OC(=O)C(C)C)CC2(C)O. The maximum Gasteiger partial charge on any atom is 0.309 e. The molecule has 0 spiro atoms. The molecule has 1 N–H and O–H groups in total. The summed E-state index contributed by atoms with van der Waals surface area (Å²) in [5.74, 6) is -1.30. The van der Waals surface area contributed by atoms with E-state index in [1.807, 2.05) is 20.8 Å². The van der Waals surface area contributed by atoms with E-state index in [9.17, 15) is 14.7 Å². The average Bonchev–Trinajstić information content (AvgIpc) is 2.96. The van der Waals surface area contributed by atoms with Crippen molar-refractivity contribution in [1.29, 1.82) is 0 Å². The Morgan fingerprint density at radius 3 is 2.75 bits per heavy atom. The fourth-order valence-corrected chi connectivity index (χ4v) is 4.75. The van der Waals surface area contributed by atoms with Crippen molar-refractivity contribution in [3.05, 3.63) is 11.6 Å². The van der Waals surface area contributed by atoms with E-state index in [1.54, 1.807) is 13.8 Å². The van der Waals surface area contributed by atoms with Gasteiger partial charge in [0.05, 0.1) is 17.4 Å². The molecule has 1 saturated carbocycles. The Morgan fingerprint density at radius 1 is 1.46 bits per heavy atom. The van der Waals surface area contributed by atoms with E-state index in [0.29, 0.717) is 6.42 Å². The number of carbonyl (C=O) groups is 2. The Kier molecular flexibility index (Phi) is 4.27. The van der Waals surface area contributed by atoms with Gasteiger partial charge in [-0.05, 0) is 20.3 Å². The zero-order chi connectivity index (χ0) is 17.8. The predicted molar refractivity (Wildman–Crippen MR) is 87.8 cm³/mol. The number of carbonyl (C=O) groups excluding carboxylic acids is 2. The Morgan fingerprint density at radius 2 is 2.12 bits per heavy atom. The van der Waals surface area contributed by atoms with Gasteiger partial charge in [-0.2, -0.15) is 0 Å². The van der Waals surface area contributed by atoms with Crippen LogP contribution < -0.4 is 0 Å². The second kappa shape index (κ2) is 5.87. The number of esters is 2. The molecule has 24 heavy (non-hydrogen) atoms. The Balaban J connectivity index is 1.99. The molecule has 0 bridgehead atoms. The molecule has 5 nitrogen and oxygen atoms in total. The monoisotopic (exact) mass is 336 g/mol. The molecule has 134 valence electrons. The minimum atomic E-state index is -0.961. The van der Waals surface area contributed by atoms with Crippen molar-refractivity contribution in [2.45, 2.75) is 65.3 Å². The molecule has 3 rings (SSSR count). The molecule has 5 heteroatoms. The topological polar surface area (TPSA) is 72.8 Å². The summed E-state index contributed by atoms with van der Waals surface area (Å²) in [6.45, 7) is 9.27. The highest BCUT2D eigenvalue weighted by Gasteiger charge is 2.59. The summed E-state index contributed by atoms with van der Waals surface area (Å²) in [6.07, 6.45) is 2.42. The fraction of sp³-hybridized carbons (Fsp3) is 0.789. The highest BCUT2D eigenvalue weighted by Crippen LogP contribution is 2.53. The Hall–Kier alpha value is -1.36. The van der Waals surface area contributed by atoms with Crippen molar-refractivity contribution in [3.8, 4) is 0 Å². The van der Waals surface area contributed by atoms with E-state index < -0.39 is 11.7 Å². The van der Waals surface area contributed by atoms with Crippen LogP contribution in [0.25, 0.3) is 0 Å². The van der Waals surface area contributed by atoms with E-state index in [4.69, 9.17) is 9.47 Å². The Bertz CT molecular complexity index is 576. The molecule has 0 amide bonds. The Labute approximate surface area is 143 Å². The van der Waals surface area contributed by atoms with Gasteiger partial charge in [0.1, 0.15) is 12.2 Å². The van der Waals surface area contributed by atoms with Gasteiger partial charge >= 0.3 is 11.9 Å². The van der Waals surface area contributed by atoms with Crippen LogP contribution in [0.4, 0.5) is 0 Å². The zero-order valence-corrected chi connectivity index (χ0v) is 15.1. The molecule has 0 radical (unpaired) electrons. The molecule has 0 aromatic carbocycles. The standard InChI is InChI=1S/C19H28O5/c1-9(2)17(20)23-13-8-19(5,22)12-7-6-10(3)14(12)16-15(13)11(4)18(21)24-16/h6,9,11-16,22H,7-8H2,1-5H3. The molecule has 0 aromatic heterocycles. The second-order valence-electron chi connectivity index (χ2n) is 8.27. The van der Waals surface area contributed by atoms with Crippen LogP contribution in [-0.2, 0) is 19.1 Å². The van der Waals surface area contributed by atoms with Crippen molar-refractivity contribution in [2.75, 3.05) is 0 Å². The summed E-state index contributed by atoms with van der Waals surface area (Å²) in [5.41, 5.74) is 0.199. The number of ether oxygens (including phenoxy) is 2. The highest BCUT2D eigenvalue weighted by molar-refractivity contribution is 5.76. The van der Waals surface area contributed by atoms with Crippen molar-refractivity contribution in [3.63, 3.8) is 0 Å². The van der Waals surface area contributed by atoms with Crippen molar-refractivity contribution >= 4 is 11.9 Å². The number of fused-ring (bicyclic) bond motifs is 3. The summed E-state index contributed by atoms with van der Waals surface area (Å²) in [5, 5.41) is 11.1. The largest absolute Gasteiger partial charge is 0.462 e. The van der Waals surface area contributed by atoms with Gasteiger partial charge in [-0.3, -0.25) is 9.59 Å². The maximum absolute atomic E-state index is 12.2. The number of rotatable bonds is 2. The lowest BCUT2D eigenvalue weighted by Crippen LogP contribution is -2.41. The number of hydrogen-bond donors (Lipinski definition) is 1. The lowest BCUT2D eigenvalue weighted by molar-refractivity contribution is -0.160. The summed E-state index contributed by atoms with van der Waals surface area (Å²) < 4.78 is 11.5. The molecular weight excluding hydrogens is 308 g/mol. The lowest BCUT2D eigenvalue weighted by Gasteiger charge is -2.34. The summed E-state index contributed by atoms with van der Waals surface area (Å²) in [4.78, 5) is 24.4. The summed E-state index contributed by atoms with van der Waals surface area (Å²) in [7, 11) is 0. The molecule has 3 aliphatic rings. The molecule has 0 aromatic rings. The van der Waals surface area contributed by atoms with Crippen molar-refractivity contribution in [2.24, 2.45) is 29.6 Å². The quantitative estimate of drug-likeness (QED) is 0.619. The van der Waals surface area contributed by atoms with Crippen LogP contribution in [0.3, 0.4) is 0 Å². The van der Waals surface area contributed by atoms with Gasteiger partial charge in [0.25, 0.3) is 0 Å². The third-order valence-electron chi connectivity index (χ3n) is 6.17. The highest BCUT2D eigenvalue weighted by atomic mass is 16.6. The minimum absolute atomic E-state index is 0.00153. The fourth-order valence-electron chi connectivity index (χ4n) is 4.75. The molecule has 2 fully saturated rings. The van der Waals surface area contributed by atoms with Gasteiger partial charge in [-0.25, -0.2) is 0 Å². The molecule has 1 aliphatic heterocycles. The predicted octanol–water partition coefficient (Wildman–Crippen LogP) is 2.47. The summed E-state index contributed by atoms with van der Waals surface area (Å²) >= 11 is 0. The molecule has 1 heterocycles. The van der Waals surface area contributed by atoms with Gasteiger partial charge in [0.15, 0.2) is 0 Å². The van der Waals surface area contributed by atoms with E-state index in [2.05, 4.69) is 6.08 Å². The third-order valence-corrected chi connectivity index (χ3v) is 6.17. The van der Waals surface area contributed by atoms with Crippen LogP contribution >= 0.6 is 0 Å². The van der Waals surface area contributed by atoms with Gasteiger partial charge in [-0.15, -0.1) is 0 Å². The van der Waals surface area contributed by atoms with Gasteiger partial charge in [0, 0.05) is 24.2 Å². The summed E-state index contributed by atoms with van der Waals surface area (Å²) in [6, 6.07) is 0. The van der Waals surface area contributed by atoms with Crippen LogP contribution in [0.5, 0.6) is 0 Å². The maximum atomic E-state index is 12.2. The normalized spacial score (nSPS) is 44.5. The van der Waals surface area contributed by atoms with Crippen LogP contribution in [0.1, 0.15) is 47.5 Å². The first-order chi connectivity index (χ1) is 11.1. The minimum Gasteiger partial charge on any atom is -0.462 e. The number of allylic oxidation sites excluding steroid dienone is 1. The zero-order valence-electron chi connectivity index (χ0n) is 15.1. The smallest absolute Gasteiger partial charge is 0.309 e. The van der Waals surface area contributed by atoms with E-state index in [0.717, 1.165) is 12.0 Å². The first kappa shape index (κ1) is 17.5. The number of hydrogen-bond acceptors (Lipinski definition) is 5. The molecule has 1 saturated heterocycles. The van der Waals surface area contributed by atoms with Crippen molar-refractivity contribution < 1.29 is 24.2 Å². The number of aliphatic hydroxyl groups is 1.